The number of carbonyl (C=O) groups is 2. The molecule has 1 aliphatic heterocycles. The molecule has 1 saturated heterocycles. The molecule has 1 saturated carbocycles. The lowest BCUT2D eigenvalue weighted by atomic mass is 10.0. The molecule has 2 aliphatic rings. The number of ether oxygens (including phenoxy) is 1. The fraction of sp³-hybridized carbons (Fsp3) is 0.438. The van der Waals surface area contributed by atoms with E-state index in [-0.39, 0.29) is 5.91 Å². The maximum atomic E-state index is 13.2. The number of hydrogen-bond donors (Lipinski definition) is 1. The summed E-state index contributed by atoms with van der Waals surface area (Å²) in [5.41, 5.74) is 1.99. The first kappa shape index (κ1) is 31.2. The number of piperazine rings is 1. The largest absolute Gasteiger partial charge is 0.494 e. The predicted molar refractivity (Wildman–Crippen MR) is 157 cm³/mol. The fourth-order valence-corrected chi connectivity index (χ4v) is 5.53. The highest BCUT2D eigenvalue weighted by Crippen LogP contribution is 2.25. The van der Waals surface area contributed by atoms with Crippen LogP contribution in [-0.2, 0) is 4.79 Å². The molecule has 226 valence electrons. The van der Waals surface area contributed by atoms with Gasteiger partial charge in [0.2, 0.25) is 0 Å². The fourth-order valence-electron chi connectivity index (χ4n) is 5.53. The minimum Gasteiger partial charge on any atom is -0.494 e. The van der Waals surface area contributed by atoms with Gasteiger partial charge in [-0.3, -0.25) is 4.79 Å². The smallest absolute Gasteiger partial charge is 0.490 e. The molecule has 7 nitrogen and oxygen atoms in total. The number of nitrogens with zero attached hydrogens (tertiary/aromatic N) is 3. The quantitative estimate of drug-likeness (QED) is 0.323. The second-order valence-corrected chi connectivity index (χ2v) is 10.7. The van der Waals surface area contributed by atoms with E-state index < -0.39 is 12.1 Å². The van der Waals surface area contributed by atoms with Crippen LogP contribution in [0, 0.1) is 0 Å². The molecule has 0 bridgehead atoms. The van der Waals surface area contributed by atoms with E-state index in [1.165, 1.54) is 31.4 Å². The Morgan fingerprint density at radius 3 is 2.19 bits per heavy atom. The van der Waals surface area contributed by atoms with Crippen LogP contribution in [0.15, 0.2) is 66.7 Å². The van der Waals surface area contributed by atoms with Crippen molar-refractivity contribution in [3.63, 3.8) is 0 Å². The van der Waals surface area contributed by atoms with Crippen LogP contribution in [0.4, 0.5) is 18.9 Å². The van der Waals surface area contributed by atoms with E-state index in [1.807, 2.05) is 35.2 Å². The SMILES string of the molecule is CN(CCCOc1ccc(N2CCN(C(=O)c3cccc4ccccc34)CC2)cc1)C1CCCC1.O=C(O)C(F)(F)F. The number of anilines is 1. The number of halogens is 3. The van der Waals surface area contributed by atoms with Gasteiger partial charge in [-0.05, 0) is 67.4 Å². The summed E-state index contributed by atoms with van der Waals surface area (Å²) in [6.45, 7) is 4.99. The first-order chi connectivity index (χ1) is 20.1. The van der Waals surface area contributed by atoms with Gasteiger partial charge in [-0.2, -0.15) is 13.2 Å². The first-order valence-corrected chi connectivity index (χ1v) is 14.4. The maximum absolute atomic E-state index is 13.2. The Bertz CT molecular complexity index is 1310. The Morgan fingerprint density at radius 2 is 1.55 bits per heavy atom. The zero-order valence-corrected chi connectivity index (χ0v) is 23.9. The Balaban J connectivity index is 0.000000517. The Kier molecular flexibility index (Phi) is 10.7. The van der Waals surface area contributed by atoms with Gasteiger partial charge in [0, 0.05) is 50.0 Å². The van der Waals surface area contributed by atoms with Crippen LogP contribution in [-0.4, -0.2) is 85.4 Å². The summed E-state index contributed by atoms with van der Waals surface area (Å²) in [7, 11) is 2.25. The van der Waals surface area contributed by atoms with Gasteiger partial charge in [-0.25, -0.2) is 4.79 Å². The van der Waals surface area contributed by atoms with Crippen molar-refractivity contribution in [2.24, 2.45) is 0 Å². The molecule has 5 rings (SSSR count). The molecule has 3 aromatic carbocycles. The molecule has 1 amide bonds. The van der Waals surface area contributed by atoms with Gasteiger partial charge >= 0.3 is 12.1 Å². The van der Waals surface area contributed by atoms with E-state index in [0.717, 1.165) is 73.9 Å². The number of rotatable bonds is 8. The highest BCUT2D eigenvalue weighted by molar-refractivity contribution is 6.07. The van der Waals surface area contributed by atoms with Gasteiger partial charge in [-0.1, -0.05) is 49.2 Å². The van der Waals surface area contributed by atoms with Crippen LogP contribution >= 0.6 is 0 Å². The second kappa shape index (κ2) is 14.4. The molecule has 10 heteroatoms. The molecular formula is C32H38F3N3O4. The molecule has 42 heavy (non-hydrogen) atoms. The number of benzene rings is 3. The molecule has 2 fully saturated rings. The van der Waals surface area contributed by atoms with Gasteiger partial charge in [-0.15, -0.1) is 0 Å². The van der Waals surface area contributed by atoms with Gasteiger partial charge in [0.25, 0.3) is 5.91 Å². The lowest BCUT2D eigenvalue weighted by Crippen LogP contribution is -2.48. The van der Waals surface area contributed by atoms with Crippen LogP contribution < -0.4 is 9.64 Å². The Labute approximate surface area is 244 Å². The van der Waals surface area contributed by atoms with E-state index >= 15 is 0 Å². The molecule has 0 unspecified atom stereocenters. The van der Waals surface area contributed by atoms with E-state index in [9.17, 15) is 18.0 Å². The Hall–Kier alpha value is -3.79. The number of alkyl halides is 3. The molecule has 1 N–H and O–H groups in total. The lowest BCUT2D eigenvalue weighted by Gasteiger charge is -2.36. The molecule has 3 aromatic rings. The van der Waals surface area contributed by atoms with E-state index in [2.05, 4.69) is 53.2 Å². The summed E-state index contributed by atoms with van der Waals surface area (Å²) in [6.07, 6.45) is 1.44. The molecule has 1 aliphatic carbocycles. The van der Waals surface area contributed by atoms with E-state index in [1.54, 1.807) is 0 Å². The average molecular weight is 586 g/mol. The minimum atomic E-state index is -5.08. The topological polar surface area (TPSA) is 73.3 Å². The van der Waals surface area contributed by atoms with E-state index in [0.29, 0.717) is 0 Å². The summed E-state index contributed by atoms with van der Waals surface area (Å²) in [5, 5.41) is 9.27. The van der Waals surface area contributed by atoms with Gasteiger partial charge < -0.3 is 24.5 Å². The highest BCUT2D eigenvalue weighted by atomic mass is 19.4. The van der Waals surface area contributed by atoms with Crippen LogP contribution in [0.1, 0.15) is 42.5 Å². The number of fused-ring (bicyclic) bond motifs is 1. The summed E-state index contributed by atoms with van der Waals surface area (Å²) >= 11 is 0. The second-order valence-electron chi connectivity index (χ2n) is 10.7. The van der Waals surface area contributed by atoms with Crippen molar-refractivity contribution in [2.75, 3.05) is 51.3 Å². The normalized spacial score (nSPS) is 15.9. The molecule has 1 heterocycles. The van der Waals surface area contributed by atoms with Crippen LogP contribution in [0.5, 0.6) is 5.75 Å². The van der Waals surface area contributed by atoms with Crippen molar-refractivity contribution in [1.82, 2.24) is 9.80 Å². The van der Waals surface area contributed by atoms with Gasteiger partial charge in [0.1, 0.15) is 5.75 Å². The van der Waals surface area contributed by atoms with E-state index in [4.69, 9.17) is 14.6 Å². The average Bonchev–Trinajstić information content (AvgIpc) is 3.54. The summed E-state index contributed by atoms with van der Waals surface area (Å²) in [6, 6.07) is 23.3. The zero-order valence-electron chi connectivity index (χ0n) is 23.9. The minimum absolute atomic E-state index is 0.128. The van der Waals surface area contributed by atoms with Crippen LogP contribution in [0.25, 0.3) is 10.8 Å². The number of carboxylic acids is 1. The zero-order chi connectivity index (χ0) is 30.1. The van der Waals surface area contributed by atoms with Crippen LogP contribution in [0.3, 0.4) is 0 Å². The predicted octanol–water partition coefficient (Wildman–Crippen LogP) is 6.08. The summed E-state index contributed by atoms with van der Waals surface area (Å²) < 4.78 is 37.7. The summed E-state index contributed by atoms with van der Waals surface area (Å²) in [5.74, 6) is -1.70. The lowest BCUT2D eigenvalue weighted by molar-refractivity contribution is -0.192. The molecular weight excluding hydrogens is 547 g/mol. The Morgan fingerprint density at radius 1 is 0.929 bits per heavy atom. The van der Waals surface area contributed by atoms with Crippen molar-refractivity contribution in [3.05, 3.63) is 72.3 Å². The molecule has 0 radical (unpaired) electrons. The van der Waals surface area contributed by atoms with Crippen molar-refractivity contribution < 1.29 is 32.6 Å². The van der Waals surface area contributed by atoms with Crippen molar-refractivity contribution in [2.45, 2.75) is 44.3 Å². The number of hydrogen-bond acceptors (Lipinski definition) is 5. The monoisotopic (exact) mass is 585 g/mol. The molecule has 0 aromatic heterocycles. The molecule has 0 atom stereocenters. The highest BCUT2D eigenvalue weighted by Gasteiger charge is 2.38. The third-order valence-corrected chi connectivity index (χ3v) is 7.90. The van der Waals surface area contributed by atoms with Crippen molar-refractivity contribution >= 4 is 28.3 Å². The standard InChI is InChI=1S/C30H37N3O2.C2HF3O2/c1-31(25-10-3-4-11-25)18-7-23-35-27-16-14-26(15-17-27)32-19-21-33(22-20-32)30(34)29-13-6-9-24-8-2-5-12-28(24)29;3-2(4,5)1(6)7/h2,5-6,8-9,12-17,25H,3-4,7,10-11,18-23H2,1H3;(H,6,7). The maximum Gasteiger partial charge on any atom is 0.490 e. The third kappa shape index (κ3) is 8.38. The number of carboxylic acid groups (broad SMARTS) is 1. The first-order valence-electron chi connectivity index (χ1n) is 14.4. The third-order valence-electron chi connectivity index (χ3n) is 7.90. The van der Waals surface area contributed by atoms with Gasteiger partial charge in [0.15, 0.2) is 0 Å². The molecule has 0 spiro atoms. The number of amides is 1. The van der Waals surface area contributed by atoms with Crippen molar-refractivity contribution in [1.29, 1.82) is 0 Å². The number of aliphatic carboxylic acids is 1. The van der Waals surface area contributed by atoms with Crippen molar-refractivity contribution in [3.8, 4) is 5.75 Å². The van der Waals surface area contributed by atoms with Gasteiger partial charge in [0.05, 0.1) is 6.61 Å². The number of carbonyl (C=O) groups excluding carboxylic acids is 1. The summed E-state index contributed by atoms with van der Waals surface area (Å²) in [4.78, 5) is 29.0. The van der Waals surface area contributed by atoms with Crippen LogP contribution in [0.2, 0.25) is 0 Å².